The zero-order chi connectivity index (χ0) is 13.3. The van der Waals surface area contributed by atoms with E-state index < -0.39 is 0 Å². The SMILES string of the molecule is CC1(C)CCC[C@]2(C)[C@@H](CO)[C@@]3(C)O[C@H]3[C@@H](O)[C@@H]12. The second-order valence-corrected chi connectivity index (χ2v) is 7.77. The minimum atomic E-state index is -0.377. The Morgan fingerprint density at radius 1 is 1.17 bits per heavy atom. The van der Waals surface area contributed by atoms with Crippen LogP contribution in [0.4, 0.5) is 0 Å². The highest BCUT2D eigenvalue weighted by atomic mass is 16.6. The lowest BCUT2D eigenvalue weighted by Crippen LogP contribution is -2.61. The van der Waals surface area contributed by atoms with Gasteiger partial charge in [0.1, 0.15) is 11.7 Å². The van der Waals surface area contributed by atoms with Crippen molar-refractivity contribution in [2.45, 2.75) is 64.8 Å². The Kier molecular flexibility index (Phi) is 2.51. The monoisotopic (exact) mass is 254 g/mol. The molecule has 0 spiro atoms. The molecule has 0 bridgehead atoms. The highest BCUT2D eigenvalue weighted by Crippen LogP contribution is 2.67. The maximum atomic E-state index is 10.7. The van der Waals surface area contributed by atoms with Gasteiger partial charge in [0.2, 0.25) is 0 Å². The van der Waals surface area contributed by atoms with E-state index in [9.17, 15) is 10.2 Å². The van der Waals surface area contributed by atoms with E-state index in [2.05, 4.69) is 27.7 Å². The van der Waals surface area contributed by atoms with Gasteiger partial charge in [0.15, 0.2) is 0 Å². The summed E-state index contributed by atoms with van der Waals surface area (Å²) in [5.41, 5.74) is -0.169. The Morgan fingerprint density at radius 3 is 2.44 bits per heavy atom. The third kappa shape index (κ3) is 1.36. The van der Waals surface area contributed by atoms with Crippen LogP contribution in [0.1, 0.15) is 47.0 Å². The first kappa shape index (κ1) is 12.9. The average Bonchev–Trinajstić information content (AvgIpc) is 2.89. The molecule has 3 nitrogen and oxygen atoms in total. The third-order valence-electron chi connectivity index (χ3n) is 6.30. The van der Waals surface area contributed by atoms with Crippen molar-refractivity contribution in [3.63, 3.8) is 0 Å². The van der Waals surface area contributed by atoms with Crippen molar-refractivity contribution >= 4 is 0 Å². The van der Waals surface area contributed by atoms with Gasteiger partial charge in [-0.25, -0.2) is 0 Å². The molecule has 2 saturated carbocycles. The van der Waals surface area contributed by atoms with Crippen molar-refractivity contribution in [2.75, 3.05) is 6.61 Å². The molecule has 1 heterocycles. The van der Waals surface area contributed by atoms with E-state index >= 15 is 0 Å². The fraction of sp³-hybridized carbons (Fsp3) is 1.00. The van der Waals surface area contributed by atoms with Crippen molar-refractivity contribution in [1.29, 1.82) is 0 Å². The zero-order valence-electron chi connectivity index (χ0n) is 11.9. The molecule has 0 aromatic heterocycles. The van der Waals surface area contributed by atoms with Crippen LogP contribution in [-0.4, -0.2) is 34.6 Å². The van der Waals surface area contributed by atoms with Crippen LogP contribution in [0.3, 0.4) is 0 Å². The fourth-order valence-electron chi connectivity index (χ4n) is 5.52. The number of fused-ring (bicyclic) bond motifs is 2. The minimum Gasteiger partial charge on any atom is -0.396 e. The summed E-state index contributed by atoms with van der Waals surface area (Å²) in [5, 5.41) is 20.5. The van der Waals surface area contributed by atoms with Crippen LogP contribution in [0.5, 0.6) is 0 Å². The van der Waals surface area contributed by atoms with E-state index in [0.717, 1.165) is 12.8 Å². The van der Waals surface area contributed by atoms with Crippen molar-refractivity contribution in [3.05, 3.63) is 0 Å². The fourth-order valence-corrected chi connectivity index (χ4v) is 5.52. The smallest absolute Gasteiger partial charge is 0.114 e. The van der Waals surface area contributed by atoms with Gasteiger partial charge in [-0.05, 0) is 36.5 Å². The average molecular weight is 254 g/mol. The maximum absolute atomic E-state index is 10.7. The van der Waals surface area contributed by atoms with Gasteiger partial charge in [0, 0.05) is 12.5 Å². The first-order valence-corrected chi connectivity index (χ1v) is 7.24. The number of aliphatic hydroxyl groups is 2. The van der Waals surface area contributed by atoms with Crippen molar-refractivity contribution in [1.82, 2.24) is 0 Å². The highest BCUT2D eigenvalue weighted by Gasteiger charge is 2.73. The summed E-state index contributed by atoms with van der Waals surface area (Å²) in [4.78, 5) is 0. The molecule has 3 fully saturated rings. The number of rotatable bonds is 1. The molecule has 3 heteroatoms. The van der Waals surface area contributed by atoms with Gasteiger partial charge in [0.05, 0.1) is 6.10 Å². The van der Waals surface area contributed by atoms with Gasteiger partial charge in [-0.3, -0.25) is 0 Å². The summed E-state index contributed by atoms with van der Waals surface area (Å²) < 4.78 is 5.82. The van der Waals surface area contributed by atoms with Crippen LogP contribution in [0.25, 0.3) is 0 Å². The Morgan fingerprint density at radius 2 is 1.83 bits per heavy atom. The first-order valence-electron chi connectivity index (χ1n) is 7.24. The molecule has 1 saturated heterocycles. The molecule has 6 atom stereocenters. The number of epoxide rings is 1. The van der Waals surface area contributed by atoms with E-state index in [4.69, 9.17) is 4.74 Å². The van der Waals surface area contributed by atoms with E-state index in [-0.39, 0.29) is 47.1 Å². The normalized spacial score (nSPS) is 57.7. The van der Waals surface area contributed by atoms with Crippen molar-refractivity contribution in [2.24, 2.45) is 22.7 Å². The summed E-state index contributed by atoms with van der Waals surface area (Å²) in [5.74, 6) is 0.388. The quantitative estimate of drug-likeness (QED) is 0.703. The molecule has 2 N–H and O–H groups in total. The predicted molar refractivity (Wildman–Crippen MR) is 69.1 cm³/mol. The van der Waals surface area contributed by atoms with E-state index in [1.165, 1.54) is 6.42 Å². The molecule has 2 aliphatic carbocycles. The molecular weight excluding hydrogens is 228 g/mol. The topological polar surface area (TPSA) is 53.0 Å². The molecule has 1 aliphatic heterocycles. The molecule has 0 aromatic carbocycles. The molecule has 0 amide bonds. The summed E-state index contributed by atoms with van der Waals surface area (Å²) in [6, 6.07) is 0. The molecular formula is C15H26O3. The second-order valence-electron chi connectivity index (χ2n) is 7.77. The molecule has 0 unspecified atom stereocenters. The molecule has 0 aromatic rings. The summed E-state index contributed by atoms with van der Waals surface area (Å²) in [6.07, 6.45) is 2.99. The number of hydrogen-bond acceptors (Lipinski definition) is 3. The molecule has 104 valence electrons. The van der Waals surface area contributed by atoms with Crippen molar-refractivity contribution in [3.8, 4) is 0 Å². The lowest BCUT2D eigenvalue weighted by atomic mass is 9.46. The lowest BCUT2D eigenvalue weighted by Gasteiger charge is -2.58. The van der Waals surface area contributed by atoms with Gasteiger partial charge in [-0.2, -0.15) is 0 Å². The van der Waals surface area contributed by atoms with Gasteiger partial charge < -0.3 is 14.9 Å². The van der Waals surface area contributed by atoms with Gasteiger partial charge in [0.25, 0.3) is 0 Å². The van der Waals surface area contributed by atoms with E-state index in [1.54, 1.807) is 0 Å². The van der Waals surface area contributed by atoms with Crippen LogP contribution in [-0.2, 0) is 4.74 Å². The molecule has 0 radical (unpaired) electrons. The maximum Gasteiger partial charge on any atom is 0.114 e. The minimum absolute atomic E-state index is 0.00231. The Balaban J connectivity index is 2.05. The van der Waals surface area contributed by atoms with Gasteiger partial charge >= 0.3 is 0 Å². The first-order chi connectivity index (χ1) is 8.27. The van der Waals surface area contributed by atoms with Crippen molar-refractivity contribution < 1.29 is 14.9 Å². The third-order valence-corrected chi connectivity index (χ3v) is 6.30. The highest BCUT2D eigenvalue weighted by molar-refractivity contribution is 5.21. The van der Waals surface area contributed by atoms with Gasteiger partial charge in [-0.1, -0.05) is 27.2 Å². The number of ether oxygens (including phenoxy) is 1. The lowest BCUT2D eigenvalue weighted by molar-refractivity contribution is -0.145. The predicted octanol–water partition coefficient (Wildman–Crippen LogP) is 1.96. The molecule has 3 aliphatic rings. The summed E-state index contributed by atoms with van der Waals surface area (Å²) >= 11 is 0. The Bertz CT molecular complexity index is 367. The standard InChI is InChI=1S/C15H26O3/c1-13(2)6-5-7-14(3)9(8-16)15(4)12(18-15)10(17)11(13)14/h9-12,16-17H,5-8H2,1-4H3/t9-,10+,11+,12+,14-,15-/m1/s1. The van der Waals surface area contributed by atoms with Crippen LogP contribution in [0, 0.1) is 22.7 Å². The van der Waals surface area contributed by atoms with E-state index in [0.29, 0.717) is 0 Å². The largest absolute Gasteiger partial charge is 0.396 e. The van der Waals surface area contributed by atoms with E-state index in [1.807, 2.05) is 0 Å². The zero-order valence-corrected chi connectivity index (χ0v) is 11.9. The van der Waals surface area contributed by atoms with Crippen LogP contribution < -0.4 is 0 Å². The second kappa shape index (κ2) is 3.50. The molecule has 3 rings (SSSR count). The summed E-state index contributed by atoms with van der Waals surface area (Å²) in [6.45, 7) is 9.01. The number of aliphatic hydroxyl groups excluding tert-OH is 2. The Hall–Kier alpha value is -0.120. The number of hydrogen-bond donors (Lipinski definition) is 2. The van der Waals surface area contributed by atoms with Crippen LogP contribution in [0.2, 0.25) is 0 Å². The molecule has 18 heavy (non-hydrogen) atoms. The Labute approximate surface area is 110 Å². The summed E-state index contributed by atoms with van der Waals surface area (Å²) in [7, 11) is 0. The van der Waals surface area contributed by atoms with Gasteiger partial charge in [-0.15, -0.1) is 0 Å². The van der Waals surface area contributed by atoms with Crippen LogP contribution in [0.15, 0.2) is 0 Å². The van der Waals surface area contributed by atoms with Crippen LogP contribution >= 0.6 is 0 Å².